The van der Waals surface area contributed by atoms with Crippen molar-refractivity contribution >= 4 is 35.6 Å². The molecule has 3 aromatic rings. The number of ketones is 1. The third kappa shape index (κ3) is 6.89. The van der Waals surface area contributed by atoms with Crippen LogP contribution in [0.1, 0.15) is 93.6 Å². The first-order valence-electron chi connectivity index (χ1n) is 20.3. The summed E-state index contributed by atoms with van der Waals surface area (Å²) in [6, 6.07) is 17.5. The molecule has 4 fully saturated rings. The van der Waals surface area contributed by atoms with Gasteiger partial charge in [0.1, 0.15) is 29.5 Å². The molecule has 3 aliphatic carbocycles. The molecule has 0 spiro atoms. The number of carbonyl (C=O) groups is 6. The van der Waals surface area contributed by atoms with Crippen molar-refractivity contribution in [1.29, 1.82) is 0 Å². The Labute approximate surface area is 357 Å². The first-order valence-corrected chi connectivity index (χ1v) is 20.3. The number of benzene rings is 2. The number of nitrogens with zero attached hydrogens (tertiary/aromatic N) is 1. The number of pyridine rings is 1. The molecule has 2 aliphatic heterocycles. The van der Waals surface area contributed by atoms with Gasteiger partial charge < -0.3 is 44.3 Å². The van der Waals surface area contributed by atoms with Gasteiger partial charge in [0, 0.05) is 55.6 Å². The summed E-state index contributed by atoms with van der Waals surface area (Å²) in [4.78, 5) is 88.0. The number of Topliss-reactive ketones (excluding diaryl/α,β-unsaturated/α-hetero) is 1. The Bertz CT molecular complexity index is 2320. The third-order valence-corrected chi connectivity index (χ3v) is 13.4. The predicted molar refractivity (Wildman–Crippen MR) is 215 cm³/mol. The van der Waals surface area contributed by atoms with Crippen molar-refractivity contribution in [2.75, 3.05) is 0 Å². The van der Waals surface area contributed by atoms with Gasteiger partial charge >= 0.3 is 23.9 Å². The number of aromatic nitrogens is 1. The Morgan fingerprint density at radius 1 is 0.855 bits per heavy atom. The van der Waals surface area contributed by atoms with Gasteiger partial charge in [-0.3, -0.25) is 24.2 Å². The van der Waals surface area contributed by atoms with Crippen LogP contribution < -0.4 is 5.32 Å². The summed E-state index contributed by atoms with van der Waals surface area (Å²) in [5.41, 5.74) is -7.85. The highest BCUT2D eigenvalue weighted by molar-refractivity contribution is 5.99. The monoisotopic (exact) mass is 854 g/mol. The van der Waals surface area contributed by atoms with Crippen molar-refractivity contribution in [3.05, 3.63) is 113 Å². The van der Waals surface area contributed by atoms with E-state index in [2.05, 4.69) is 10.3 Å². The normalized spacial score (nSPS) is 32.9. The highest BCUT2D eigenvalue weighted by atomic mass is 16.7. The molecule has 16 nitrogen and oxygen atoms in total. The minimum absolute atomic E-state index is 0.0566. The van der Waals surface area contributed by atoms with E-state index < -0.39 is 112 Å². The Hall–Kier alpha value is -5.81. The molecule has 16 heteroatoms. The van der Waals surface area contributed by atoms with Gasteiger partial charge in [0.15, 0.2) is 6.10 Å². The summed E-state index contributed by atoms with van der Waals surface area (Å²) >= 11 is 0. The average Bonchev–Trinajstić information content (AvgIpc) is 3.33. The zero-order valence-electron chi connectivity index (χ0n) is 35.3. The second kappa shape index (κ2) is 15.8. The van der Waals surface area contributed by atoms with Crippen LogP contribution in [0.25, 0.3) is 0 Å². The van der Waals surface area contributed by atoms with Gasteiger partial charge in [-0.1, -0.05) is 62.4 Å². The molecular formula is C46H50N2O14. The summed E-state index contributed by atoms with van der Waals surface area (Å²) in [7, 11) is 0. The zero-order chi connectivity index (χ0) is 45.2. The maximum atomic E-state index is 15.7. The van der Waals surface area contributed by atoms with Crippen molar-refractivity contribution in [3.8, 4) is 0 Å². The number of fused-ring (bicyclic) bond motifs is 3. The SMILES string of the molecule is CC(=O)O[C@@]12O[C@@H]3C[C@H](O)[C@@](C)(C1=O)[C@H]([C@H](OC(=O)c1ccccc1)[C@]1(O)C[C@H](OC(=O)[C@H](O)[C@@H](NC(=O)c4ccncc4)c4ccccc4)C(C)=C2C1(C)C)[C@@]3(C)OC(C)=O. The number of rotatable bonds is 10. The van der Waals surface area contributed by atoms with Crippen molar-refractivity contribution < 1.29 is 67.8 Å². The predicted octanol–water partition coefficient (Wildman–Crippen LogP) is 3.48. The standard InChI is InChI=1S/C46H50N2O14/c1-24-30(58-40(55)34(52)33(27-14-10-8-11-15-27)48-38(53)28-18-20-47-21-19-28)23-45(57)37(59-39(54)29-16-12-9-13-17-29)36-43(6)31(51)22-32(44(36,7)60-25(2)49)62-46(41(43)56,61-26(3)50)35(24)42(45,4)5/h8-21,30-34,36-37,51-52,57H,22-23H2,1-7H3,(H,48,53)/t30-,31-,32+,33-,34+,36-,37-,43+,44-,45+,46-/m0/s1. The lowest BCUT2D eigenvalue weighted by Crippen LogP contribution is -2.76. The molecule has 3 heterocycles. The lowest BCUT2D eigenvalue weighted by Gasteiger charge is -2.62. The van der Waals surface area contributed by atoms with Crippen LogP contribution >= 0.6 is 0 Å². The number of aliphatic hydroxyl groups excluding tert-OH is 2. The third-order valence-electron chi connectivity index (χ3n) is 13.4. The van der Waals surface area contributed by atoms with Gasteiger partial charge in [-0.05, 0) is 56.2 Å². The molecule has 2 aromatic carbocycles. The molecule has 0 radical (unpaired) electrons. The topological polar surface area (TPSA) is 234 Å². The van der Waals surface area contributed by atoms with E-state index in [1.165, 1.54) is 71.3 Å². The maximum absolute atomic E-state index is 15.7. The molecule has 0 unspecified atom stereocenters. The van der Waals surface area contributed by atoms with E-state index in [9.17, 15) is 39.3 Å². The Morgan fingerprint density at radius 3 is 2.05 bits per heavy atom. The number of esters is 4. The highest BCUT2D eigenvalue weighted by Gasteiger charge is 2.81. The Morgan fingerprint density at radius 2 is 1.45 bits per heavy atom. The number of ether oxygens (including phenoxy) is 5. The van der Waals surface area contributed by atoms with Crippen LogP contribution in [0, 0.1) is 16.7 Å². The quantitative estimate of drug-likeness (QED) is 0.130. The first kappa shape index (κ1) is 44.3. The van der Waals surface area contributed by atoms with Crippen LogP contribution in [0.15, 0.2) is 96.3 Å². The summed E-state index contributed by atoms with van der Waals surface area (Å²) < 4.78 is 31.2. The molecule has 328 valence electrons. The molecule has 2 saturated carbocycles. The summed E-state index contributed by atoms with van der Waals surface area (Å²) in [6.45, 7) is 9.49. The van der Waals surface area contributed by atoms with Crippen LogP contribution in [-0.2, 0) is 42.9 Å². The van der Waals surface area contributed by atoms with Crippen LogP contribution in [0.5, 0.6) is 0 Å². The van der Waals surface area contributed by atoms with Gasteiger partial charge in [0.2, 0.25) is 5.78 Å². The molecule has 4 N–H and O–H groups in total. The summed E-state index contributed by atoms with van der Waals surface area (Å²) in [5.74, 6) is -10.0. The van der Waals surface area contributed by atoms with E-state index in [1.54, 1.807) is 48.5 Å². The van der Waals surface area contributed by atoms with E-state index in [-0.39, 0.29) is 28.7 Å². The fraction of sp³-hybridized carbons (Fsp3) is 0.457. The number of aliphatic hydroxyl groups is 3. The molecule has 1 aromatic heterocycles. The molecule has 5 aliphatic rings. The molecule has 11 atom stereocenters. The van der Waals surface area contributed by atoms with Gasteiger partial charge in [-0.2, -0.15) is 0 Å². The number of nitrogens with one attached hydrogen (secondary N) is 1. The van der Waals surface area contributed by atoms with Gasteiger partial charge in [-0.25, -0.2) is 9.59 Å². The molecule has 8 rings (SSSR count). The van der Waals surface area contributed by atoms with Crippen molar-refractivity contribution in [1.82, 2.24) is 10.3 Å². The Kier molecular flexibility index (Phi) is 11.3. The van der Waals surface area contributed by atoms with Gasteiger partial charge in [-0.15, -0.1) is 0 Å². The number of hydrogen-bond donors (Lipinski definition) is 4. The molecule has 6 bridgehead atoms. The lowest BCUT2D eigenvalue weighted by atomic mass is 9.46. The average molecular weight is 855 g/mol. The minimum atomic E-state index is -2.75. The summed E-state index contributed by atoms with van der Waals surface area (Å²) in [6.07, 6.45) is -6.60. The molecule has 2 saturated heterocycles. The Balaban J connectivity index is 1.42. The molecule has 1 amide bonds. The van der Waals surface area contributed by atoms with Crippen molar-refractivity contribution in [2.45, 2.75) is 115 Å². The van der Waals surface area contributed by atoms with E-state index in [1.807, 2.05) is 0 Å². The second-order valence-electron chi connectivity index (χ2n) is 17.4. The van der Waals surface area contributed by atoms with E-state index in [4.69, 9.17) is 23.7 Å². The lowest BCUT2D eigenvalue weighted by molar-refractivity contribution is -0.266. The maximum Gasteiger partial charge on any atom is 0.338 e. The number of hydrogen-bond acceptors (Lipinski definition) is 15. The fourth-order valence-corrected chi connectivity index (χ4v) is 10.4. The minimum Gasteiger partial charge on any atom is -0.456 e. The largest absolute Gasteiger partial charge is 0.456 e. The van der Waals surface area contributed by atoms with E-state index in [0.29, 0.717) is 5.56 Å². The smallest absolute Gasteiger partial charge is 0.338 e. The fourth-order valence-electron chi connectivity index (χ4n) is 10.4. The zero-order valence-corrected chi connectivity index (χ0v) is 35.3. The molecule has 62 heavy (non-hydrogen) atoms. The second-order valence-corrected chi connectivity index (χ2v) is 17.4. The first-order chi connectivity index (χ1) is 29.1. The highest BCUT2D eigenvalue weighted by Crippen LogP contribution is 2.67. The van der Waals surface area contributed by atoms with Gasteiger partial charge in [0.05, 0.1) is 29.0 Å². The van der Waals surface area contributed by atoms with Crippen LogP contribution in [0.2, 0.25) is 0 Å². The van der Waals surface area contributed by atoms with Crippen LogP contribution in [-0.4, -0.2) is 103 Å². The summed E-state index contributed by atoms with van der Waals surface area (Å²) in [5, 5.41) is 40.2. The molecular weight excluding hydrogens is 805 g/mol. The number of carbonyl (C=O) groups excluding carboxylic acids is 6. The number of amides is 1. The van der Waals surface area contributed by atoms with Crippen LogP contribution in [0.4, 0.5) is 0 Å². The van der Waals surface area contributed by atoms with E-state index in [0.717, 1.165) is 13.8 Å². The van der Waals surface area contributed by atoms with Gasteiger partial charge in [0.25, 0.3) is 11.7 Å². The van der Waals surface area contributed by atoms with E-state index >= 15 is 4.79 Å². The van der Waals surface area contributed by atoms with Crippen molar-refractivity contribution in [3.63, 3.8) is 0 Å². The van der Waals surface area contributed by atoms with Crippen molar-refractivity contribution in [2.24, 2.45) is 16.7 Å². The van der Waals surface area contributed by atoms with Crippen LogP contribution in [0.3, 0.4) is 0 Å².